The van der Waals surface area contributed by atoms with Crippen LogP contribution in [0.2, 0.25) is 0 Å². The quantitative estimate of drug-likeness (QED) is 0.262. The molecule has 3 rings (SSSR count). The summed E-state index contributed by atoms with van der Waals surface area (Å²) < 4.78 is 5.36. The number of guanidine groups is 1. The maximum atomic E-state index is 6.02. The first kappa shape index (κ1) is 21.9. The second-order valence-electron chi connectivity index (χ2n) is 6.90. The number of halogens is 1. The van der Waals surface area contributed by atoms with E-state index in [2.05, 4.69) is 38.5 Å². The molecule has 26 heavy (non-hydrogen) atoms. The van der Waals surface area contributed by atoms with Crippen LogP contribution in [-0.4, -0.2) is 74.3 Å². The van der Waals surface area contributed by atoms with Crippen LogP contribution in [0.4, 0.5) is 0 Å². The smallest absolute Gasteiger partial charge is 0.188 e. The minimum Gasteiger partial charge on any atom is -0.379 e. The highest BCUT2D eigenvalue weighted by Gasteiger charge is 2.21. The van der Waals surface area contributed by atoms with Crippen molar-refractivity contribution in [3.63, 3.8) is 0 Å². The minimum absolute atomic E-state index is 0. The monoisotopic (exact) mass is 493 g/mol. The van der Waals surface area contributed by atoms with Gasteiger partial charge < -0.3 is 15.8 Å². The third-order valence-electron chi connectivity index (χ3n) is 5.05. The number of fused-ring (bicyclic) bond motifs is 1. The summed E-state index contributed by atoms with van der Waals surface area (Å²) in [4.78, 5) is 11.0. The molecule has 148 valence electrons. The maximum Gasteiger partial charge on any atom is 0.188 e. The van der Waals surface area contributed by atoms with Crippen LogP contribution in [0.25, 0.3) is 0 Å². The van der Waals surface area contributed by atoms with Gasteiger partial charge >= 0.3 is 0 Å². The van der Waals surface area contributed by atoms with Crippen LogP contribution in [0.1, 0.15) is 23.8 Å². The molecule has 8 heteroatoms. The summed E-state index contributed by atoms with van der Waals surface area (Å²) in [5, 5.41) is 5.45. The average molecular weight is 493 g/mol. The fourth-order valence-corrected chi connectivity index (χ4v) is 4.28. The van der Waals surface area contributed by atoms with Gasteiger partial charge in [0.05, 0.1) is 19.8 Å². The third kappa shape index (κ3) is 6.63. The zero-order valence-corrected chi connectivity index (χ0v) is 18.8. The number of morpholine rings is 1. The molecule has 0 amide bonds. The Morgan fingerprint density at radius 2 is 2.19 bits per heavy atom. The lowest BCUT2D eigenvalue weighted by Crippen LogP contribution is -2.41. The molecule has 2 aliphatic heterocycles. The molecule has 0 saturated carbocycles. The van der Waals surface area contributed by atoms with Gasteiger partial charge in [-0.25, -0.2) is 0 Å². The molecule has 0 aliphatic carbocycles. The Bertz CT molecular complexity index is 562. The van der Waals surface area contributed by atoms with Crippen LogP contribution in [0.15, 0.2) is 16.4 Å². The lowest BCUT2D eigenvalue weighted by Gasteiger charge is -2.31. The molecular weight excluding hydrogens is 461 g/mol. The van der Waals surface area contributed by atoms with Gasteiger partial charge in [0.15, 0.2) is 5.96 Å². The Balaban J connectivity index is 0.00000243. The Morgan fingerprint density at radius 3 is 3.00 bits per heavy atom. The van der Waals surface area contributed by atoms with Crippen molar-refractivity contribution in [3.05, 3.63) is 21.9 Å². The van der Waals surface area contributed by atoms with Crippen LogP contribution in [-0.2, 0) is 17.7 Å². The van der Waals surface area contributed by atoms with E-state index in [0.717, 1.165) is 71.9 Å². The molecule has 1 saturated heterocycles. The Morgan fingerprint density at radius 1 is 1.38 bits per heavy atom. The van der Waals surface area contributed by atoms with E-state index in [-0.39, 0.29) is 24.0 Å². The Kier molecular flexibility index (Phi) is 9.62. The fourth-order valence-electron chi connectivity index (χ4n) is 3.39. The summed E-state index contributed by atoms with van der Waals surface area (Å²) in [6, 6.07) is 2.67. The largest absolute Gasteiger partial charge is 0.379 e. The molecule has 1 unspecified atom stereocenters. The van der Waals surface area contributed by atoms with Crippen LogP contribution in [0.3, 0.4) is 0 Å². The molecule has 0 spiro atoms. The first-order chi connectivity index (χ1) is 12.2. The summed E-state index contributed by atoms with van der Waals surface area (Å²) >= 11 is 1.88. The van der Waals surface area contributed by atoms with Crippen molar-refractivity contribution in [1.29, 1.82) is 0 Å². The molecule has 1 atom stereocenters. The number of nitrogens with zero attached hydrogens (tertiary/aromatic N) is 3. The zero-order chi connectivity index (χ0) is 17.5. The molecule has 6 nitrogen and oxygen atoms in total. The number of hydrogen-bond acceptors (Lipinski definition) is 5. The maximum absolute atomic E-state index is 6.02. The summed E-state index contributed by atoms with van der Waals surface area (Å²) in [6.45, 7) is 10.9. The lowest BCUT2D eigenvalue weighted by atomic mass is 10.1. The molecule has 1 aromatic heterocycles. The van der Waals surface area contributed by atoms with Crippen LogP contribution in [0.5, 0.6) is 0 Å². The van der Waals surface area contributed by atoms with E-state index in [1.807, 2.05) is 11.3 Å². The molecule has 1 fully saturated rings. The van der Waals surface area contributed by atoms with Gasteiger partial charge in [0.1, 0.15) is 0 Å². The first-order valence-corrected chi connectivity index (χ1v) is 10.2. The number of aliphatic imine (C=N–C) groups is 1. The minimum atomic E-state index is 0. The number of ether oxygens (including phenoxy) is 1. The summed E-state index contributed by atoms with van der Waals surface area (Å²) in [5.41, 5.74) is 7.51. The second-order valence-corrected chi connectivity index (χ2v) is 7.90. The zero-order valence-electron chi connectivity index (χ0n) is 15.7. The van der Waals surface area contributed by atoms with E-state index in [1.165, 1.54) is 5.56 Å². The normalized spacial score (nSPS) is 20.3. The van der Waals surface area contributed by atoms with Crippen molar-refractivity contribution in [1.82, 2.24) is 15.1 Å². The number of nitrogens with one attached hydrogen (secondary N) is 1. The standard InChI is InChI=1S/C18H31N5OS.HI/c1-15(23-7-3-17-16(14-23)4-12-25-17)13-21-18(19)20-5-2-6-22-8-10-24-11-9-22;/h4,12,15H,2-3,5-11,13-14H2,1H3,(H3,19,20,21);1H. The van der Waals surface area contributed by atoms with Crippen molar-refractivity contribution >= 4 is 41.3 Å². The molecule has 3 N–H and O–H groups in total. The van der Waals surface area contributed by atoms with Crippen LogP contribution < -0.4 is 11.1 Å². The number of thiophene rings is 1. The molecule has 0 bridgehead atoms. The number of nitrogens with two attached hydrogens (primary N) is 1. The average Bonchev–Trinajstić information content (AvgIpc) is 3.12. The van der Waals surface area contributed by atoms with Gasteiger partial charge in [-0.3, -0.25) is 14.8 Å². The molecule has 0 aromatic carbocycles. The van der Waals surface area contributed by atoms with E-state index in [1.54, 1.807) is 4.88 Å². The van der Waals surface area contributed by atoms with E-state index >= 15 is 0 Å². The Labute approximate surface area is 178 Å². The molecule has 2 aliphatic rings. The Hall–Kier alpha value is -0.420. The molecule has 0 radical (unpaired) electrons. The number of rotatable bonds is 7. The van der Waals surface area contributed by atoms with Crippen LogP contribution >= 0.6 is 35.3 Å². The third-order valence-corrected chi connectivity index (χ3v) is 6.07. The van der Waals surface area contributed by atoms with Crippen molar-refractivity contribution in [3.8, 4) is 0 Å². The lowest BCUT2D eigenvalue weighted by molar-refractivity contribution is 0.0376. The van der Waals surface area contributed by atoms with Gasteiger partial charge in [-0.1, -0.05) is 0 Å². The topological polar surface area (TPSA) is 66.1 Å². The van der Waals surface area contributed by atoms with Crippen molar-refractivity contribution in [2.24, 2.45) is 10.7 Å². The van der Waals surface area contributed by atoms with E-state index < -0.39 is 0 Å². The van der Waals surface area contributed by atoms with Gasteiger partial charge in [-0.15, -0.1) is 35.3 Å². The highest BCUT2D eigenvalue weighted by atomic mass is 127. The molecule has 1 aromatic rings. The predicted octanol–water partition coefficient (Wildman–Crippen LogP) is 1.74. The van der Waals surface area contributed by atoms with Gasteiger partial charge in [0, 0.05) is 43.6 Å². The summed E-state index contributed by atoms with van der Waals surface area (Å²) in [7, 11) is 0. The van der Waals surface area contributed by atoms with Gasteiger partial charge in [-0.2, -0.15) is 0 Å². The van der Waals surface area contributed by atoms with Crippen LogP contribution in [0, 0.1) is 0 Å². The predicted molar refractivity (Wildman–Crippen MR) is 120 cm³/mol. The fraction of sp³-hybridized carbons (Fsp3) is 0.722. The van der Waals surface area contributed by atoms with Crippen molar-refractivity contribution in [2.45, 2.75) is 32.4 Å². The van der Waals surface area contributed by atoms with Gasteiger partial charge in [0.25, 0.3) is 0 Å². The second kappa shape index (κ2) is 11.4. The van der Waals surface area contributed by atoms with E-state index in [4.69, 9.17) is 10.5 Å². The molecule has 3 heterocycles. The van der Waals surface area contributed by atoms with E-state index in [0.29, 0.717) is 12.0 Å². The van der Waals surface area contributed by atoms with Crippen molar-refractivity contribution in [2.75, 3.05) is 52.5 Å². The van der Waals surface area contributed by atoms with Crippen molar-refractivity contribution < 1.29 is 4.74 Å². The highest BCUT2D eigenvalue weighted by Crippen LogP contribution is 2.25. The SMILES string of the molecule is CC(CN=C(N)NCCCN1CCOCC1)N1CCc2sccc2C1.I. The summed E-state index contributed by atoms with van der Waals surface area (Å²) in [5.74, 6) is 0.571. The molecular formula is C18H32IN5OS. The van der Waals surface area contributed by atoms with E-state index in [9.17, 15) is 0 Å². The number of hydrogen-bond donors (Lipinski definition) is 2. The summed E-state index contributed by atoms with van der Waals surface area (Å²) in [6.07, 6.45) is 2.25. The van der Waals surface area contributed by atoms with Gasteiger partial charge in [-0.05, 0) is 43.3 Å². The highest BCUT2D eigenvalue weighted by molar-refractivity contribution is 14.0. The van der Waals surface area contributed by atoms with Gasteiger partial charge in [0.2, 0.25) is 0 Å². The first-order valence-electron chi connectivity index (χ1n) is 9.35.